The SMILES string of the molecule is Cc1ccc(-c2nc3ccc(-c4cc5ccccc5s4)cn3c2CCC(=O)Nc2cccc(C(F)(F)F)c2)cc1. The molecule has 1 amide bonds. The third-order valence-corrected chi connectivity index (χ3v) is 7.98. The number of rotatable bonds is 6. The Bertz CT molecular complexity index is 1820. The van der Waals surface area contributed by atoms with Gasteiger partial charge in [0.05, 0.1) is 17.0 Å². The number of pyridine rings is 1. The standard InChI is InChI=1S/C32H24F3N3OS/c1-20-9-11-21(12-10-20)31-26(14-16-30(39)36-25-7-4-6-24(18-25)32(33,34)35)38-19-23(13-15-29(38)37-31)28-17-22-5-2-3-8-27(22)40-28/h2-13,15,17-19H,14,16H2,1H3,(H,36,39). The Morgan fingerprint density at radius 3 is 2.48 bits per heavy atom. The molecular formula is C32H24F3N3OS. The van der Waals surface area contributed by atoms with Gasteiger partial charge in [-0.05, 0) is 61.2 Å². The predicted octanol–water partition coefficient (Wildman–Crippen LogP) is 8.78. The molecule has 6 rings (SSSR count). The molecule has 0 bridgehead atoms. The van der Waals surface area contributed by atoms with Gasteiger partial charge in [0.1, 0.15) is 5.65 Å². The summed E-state index contributed by atoms with van der Waals surface area (Å²) in [6.07, 6.45) is -2.00. The van der Waals surface area contributed by atoms with Crippen molar-refractivity contribution in [2.45, 2.75) is 25.9 Å². The van der Waals surface area contributed by atoms with E-state index in [-0.39, 0.29) is 18.0 Å². The normalized spacial score (nSPS) is 11.8. The van der Waals surface area contributed by atoms with Crippen LogP contribution >= 0.6 is 11.3 Å². The number of aromatic nitrogens is 2. The minimum absolute atomic E-state index is 0.0794. The Hall–Kier alpha value is -4.43. The van der Waals surface area contributed by atoms with Crippen LogP contribution in [0.1, 0.15) is 23.2 Å². The molecule has 6 aromatic rings. The van der Waals surface area contributed by atoms with Gasteiger partial charge in [-0.3, -0.25) is 4.79 Å². The first kappa shape index (κ1) is 25.8. The molecule has 40 heavy (non-hydrogen) atoms. The maximum absolute atomic E-state index is 13.1. The van der Waals surface area contributed by atoms with Crippen LogP contribution in [0.4, 0.5) is 18.9 Å². The lowest BCUT2D eigenvalue weighted by molar-refractivity contribution is -0.137. The first-order chi connectivity index (χ1) is 19.2. The Morgan fingerprint density at radius 1 is 0.925 bits per heavy atom. The molecule has 0 aliphatic heterocycles. The minimum Gasteiger partial charge on any atom is -0.326 e. The zero-order valence-corrected chi connectivity index (χ0v) is 22.3. The van der Waals surface area contributed by atoms with Gasteiger partial charge in [0.25, 0.3) is 0 Å². The highest BCUT2D eigenvalue weighted by Crippen LogP contribution is 2.35. The summed E-state index contributed by atoms with van der Waals surface area (Å²) in [5, 5.41) is 3.80. The van der Waals surface area contributed by atoms with Gasteiger partial charge in [0, 0.05) is 39.0 Å². The average Bonchev–Trinajstić information content (AvgIpc) is 3.53. The van der Waals surface area contributed by atoms with Gasteiger partial charge in [-0.2, -0.15) is 13.2 Å². The molecule has 8 heteroatoms. The Kier molecular flexibility index (Phi) is 6.64. The van der Waals surface area contributed by atoms with Crippen molar-refractivity contribution in [1.82, 2.24) is 9.38 Å². The topological polar surface area (TPSA) is 46.4 Å². The number of amides is 1. The Labute approximate surface area is 232 Å². The van der Waals surface area contributed by atoms with E-state index in [2.05, 4.69) is 29.6 Å². The second-order valence-corrected chi connectivity index (χ2v) is 10.8. The maximum Gasteiger partial charge on any atom is 0.416 e. The highest BCUT2D eigenvalue weighted by molar-refractivity contribution is 7.22. The number of carbonyl (C=O) groups is 1. The van der Waals surface area contributed by atoms with Gasteiger partial charge >= 0.3 is 6.18 Å². The van der Waals surface area contributed by atoms with E-state index in [0.29, 0.717) is 6.42 Å². The van der Waals surface area contributed by atoms with Crippen LogP contribution in [0, 0.1) is 6.92 Å². The molecule has 0 aliphatic rings. The first-order valence-corrected chi connectivity index (χ1v) is 13.6. The molecule has 0 aliphatic carbocycles. The first-order valence-electron chi connectivity index (χ1n) is 12.8. The summed E-state index contributed by atoms with van der Waals surface area (Å²) in [4.78, 5) is 18.9. The summed E-state index contributed by atoms with van der Waals surface area (Å²) < 4.78 is 42.6. The van der Waals surface area contributed by atoms with Gasteiger partial charge in [0.2, 0.25) is 5.91 Å². The summed E-state index contributed by atoms with van der Waals surface area (Å²) in [6.45, 7) is 2.02. The summed E-state index contributed by atoms with van der Waals surface area (Å²) in [5.41, 5.74) is 4.81. The van der Waals surface area contributed by atoms with Crippen LogP contribution in [0.25, 0.3) is 37.4 Å². The minimum atomic E-state index is -4.48. The Morgan fingerprint density at radius 2 is 1.70 bits per heavy atom. The lowest BCUT2D eigenvalue weighted by Gasteiger charge is -2.10. The molecule has 3 aromatic carbocycles. The molecule has 3 heterocycles. The lowest BCUT2D eigenvalue weighted by atomic mass is 10.1. The zero-order valence-electron chi connectivity index (χ0n) is 21.5. The lowest BCUT2D eigenvalue weighted by Crippen LogP contribution is -2.14. The molecule has 0 spiro atoms. The molecule has 0 unspecified atom stereocenters. The number of nitrogens with zero attached hydrogens (tertiary/aromatic N) is 2. The smallest absolute Gasteiger partial charge is 0.326 e. The van der Waals surface area contributed by atoms with Crippen molar-refractivity contribution < 1.29 is 18.0 Å². The highest BCUT2D eigenvalue weighted by Gasteiger charge is 2.30. The second-order valence-electron chi connectivity index (χ2n) is 9.69. The number of hydrogen-bond acceptors (Lipinski definition) is 3. The van der Waals surface area contributed by atoms with Gasteiger partial charge in [-0.15, -0.1) is 11.3 Å². The van der Waals surface area contributed by atoms with Crippen LogP contribution in [0.2, 0.25) is 0 Å². The summed E-state index contributed by atoms with van der Waals surface area (Å²) in [6, 6.07) is 27.2. The molecule has 0 radical (unpaired) electrons. The fourth-order valence-corrected chi connectivity index (χ4v) is 5.83. The molecule has 1 N–H and O–H groups in total. The van der Waals surface area contributed by atoms with Crippen molar-refractivity contribution in [1.29, 1.82) is 0 Å². The van der Waals surface area contributed by atoms with Crippen LogP contribution in [-0.4, -0.2) is 15.3 Å². The molecule has 0 saturated carbocycles. The fourth-order valence-electron chi connectivity index (χ4n) is 4.77. The van der Waals surface area contributed by atoms with Crippen LogP contribution in [0.3, 0.4) is 0 Å². The van der Waals surface area contributed by atoms with Crippen LogP contribution in [0.5, 0.6) is 0 Å². The van der Waals surface area contributed by atoms with Gasteiger partial charge in [0.15, 0.2) is 0 Å². The van der Waals surface area contributed by atoms with Crippen molar-refractivity contribution in [3.05, 3.63) is 114 Å². The number of benzene rings is 3. The van der Waals surface area contributed by atoms with Crippen LogP contribution in [0.15, 0.2) is 97.2 Å². The third-order valence-electron chi connectivity index (χ3n) is 6.82. The highest BCUT2D eigenvalue weighted by atomic mass is 32.1. The van der Waals surface area contributed by atoms with Crippen molar-refractivity contribution >= 4 is 38.7 Å². The van der Waals surface area contributed by atoms with E-state index in [1.807, 2.05) is 60.0 Å². The summed E-state index contributed by atoms with van der Waals surface area (Å²) >= 11 is 1.71. The number of nitrogens with one attached hydrogen (secondary N) is 1. The van der Waals surface area contributed by atoms with E-state index < -0.39 is 11.7 Å². The molecule has 0 atom stereocenters. The zero-order chi connectivity index (χ0) is 27.9. The van der Waals surface area contributed by atoms with E-state index >= 15 is 0 Å². The van der Waals surface area contributed by atoms with Crippen molar-refractivity contribution in [2.75, 3.05) is 5.32 Å². The number of imidazole rings is 1. The predicted molar refractivity (Wildman–Crippen MR) is 155 cm³/mol. The molecule has 4 nitrogen and oxygen atoms in total. The Balaban J connectivity index is 1.34. The van der Waals surface area contributed by atoms with E-state index in [1.165, 1.54) is 22.2 Å². The maximum atomic E-state index is 13.1. The quantitative estimate of drug-likeness (QED) is 0.223. The van der Waals surface area contributed by atoms with E-state index in [1.54, 1.807) is 11.3 Å². The van der Waals surface area contributed by atoms with Gasteiger partial charge in [-0.25, -0.2) is 4.98 Å². The fraction of sp³-hybridized carbons (Fsp3) is 0.125. The number of hydrogen-bond donors (Lipinski definition) is 1. The van der Waals surface area contributed by atoms with E-state index in [0.717, 1.165) is 50.7 Å². The molecular weight excluding hydrogens is 531 g/mol. The number of fused-ring (bicyclic) bond motifs is 2. The second kappa shape index (κ2) is 10.3. The molecule has 3 aromatic heterocycles. The number of thiophene rings is 1. The van der Waals surface area contributed by atoms with Gasteiger partial charge < -0.3 is 9.72 Å². The number of alkyl halides is 3. The average molecular weight is 556 g/mol. The van der Waals surface area contributed by atoms with Gasteiger partial charge in [-0.1, -0.05) is 54.1 Å². The number of halogens is 3. The third kappa shape index (κ3) is 5.22. The molecule has 0 fully saturated rings. The number of carbonyl (C=O) groups excluding carboxylic acids is 1. The van der Waals surface area contributed by atoms with E-state index in [4.69, 9.17) is 4.98 Å². The van der Waals surface area contributed by atoms with Crippen molar-refractivity contribution in [3.8, 4) is 21.7 Å². The monoisotopic (exact) mass is 555 g/mol. The van der Waals surface area contributed by atoms with Crippen molar-refractivity contribution in [2.24, 2.45) is 0 Å². The molecule has 0 saturated heterocycles. The number of anilines is 1. The van der Waals surface area contributed by atoms with Crippen molar-refractivity contribution in [3.63, 3.8) is 0 Å². The van der Waals surface area contributed by atoms with Crippen LogP contribution in [-0.2, 0) is 17.4 Å². The summed E-state index contributed by atoms with van der Waals surface area (Å²) in [5.74, 6) is -0.371. The number of aryl methyl sites for hydroxylation is 2. The summed E-state index contributed by atoms with van der Waals surface area (Å²) in [7, 11) is 0. The largest absolute Gasteiger partial charge is 0.416 e. The van der Waals surface area contributed by atoms with Crippen LogP contribution < -0.4 is 5.32 Å². The van der Waals surface area contributed by atoms with E-state index in [9.17, 15) is 18.0 Å². The molecule has 200 valence electrons.